The molecular weight excluding hydrogens is 387 g/mol. The van der Waals surface area contributed by atoms with E-state index in [0.29, 0.717) is 6.42 Å². The van der Waals surface area contributed by atoms with Crippen LogP contribution in [0.4, 0.5) is 0 Å². The van der Waals surface area contributed by atoms with Crippen LogP contribution in [0.15, 0.2) is 24.3 Å². The summed E-state index contributed by atoms with van der Waals surface area (Å²) in [6.07, 6.45) is 4.78. The Labute approximate surface area is 134 Å². The van der Waals surface area contributed by atoms with Crippen LogP contribution in [-0.2, 0) is 9.84 Å². The van der Waals surface area contributed by atoms with Crippen molar-refractivity contribution in [2.24, 2.45) is 11.8 Å². The number of nitrogens with one attached hydrogen (secondary N) is 1. The molecule has 1 aliphatic rings. The molecule has 6 heteroatoms. The molecule has 1 saturated carbocycles. The van der Waals surface area contributed by atoms with Gasteiger partial charge in [0.1, 0.15) is 9.84 Å². The fourth-order valence-corrected chi connectivity index (χ4v) is 4.99. The van der Waals surface area contributed by atoms with Gasteiger partial charge in [0, 0.05) is 15.9 Å². The number of benzene rings is 1. The quantitative estimate of drug-likeness (QED) is 0.456. The van der Waals surface area contributed by atoms with Gasteiger partial charge >= 0.3 is 0 Å². The lowest BCUT2D eigenvalue weighted by Gasteiger charge is -2.34. The highest BCUT2D eigenvalue weighted by Crippen LogP contribution is 2.37. The minimum atomic E-state index is -2.96. The molecule has 0 bridgehead atoms. The molecule has 0 radical (unpaired) electrons. The average Bonchev–Trinajstić information content (AvgIpc) is 2.41. The summed E-state index contributed by atoms with van der Waals surface area (Å²) in [6.45, 7) is 0. The Hall–Kier alpha value is -0.180. The molecule has 3 atom stereocenters. The first kappa shape index (κ1) is 16.2. The highest BCUT2D eigenvalue weighted by Gasteiger charge is 2.33. The topological polar surface area (TPSA) is 72.2 Å². The monoisotopic (exact) mass is 408 g/mol. The van der Waals surface area contributed by atoms with Crippen LogP contribution in [0.3, 0.4) is 0 Å². The number of hydrazine groups is 1. The van der Waals surface area contributed by atoms with Gasteiger partial charge in [-0.2, -0.15) is 0 Å². The lowest BCUT2D eigenvalue weighted by molar-refractivity contribution is 0.274. The molecule has 0 aromatic heterocycles. The molecule has 0 spiro atoms. The van der Waals surface area contributed by atoms with E-state index in [0.717, 1.165) is 28.4 Å². The molecule has 0 amide bonds. The third-order valence-electron chi connectivity index (χ3n) is 4.16. The molecule has 0 saturated heterocycles. The number of sulfone groups is 1. The fourth-order valence-electron chi connectivity index (χ4n) is 3.08. The molecule has 1 aromatic rings. The molecule has 3 N–H and O–H groups in total. The Morgan fingerprint density at radius 1 is 1.35 bits per heavy atom. The summed E-state index contributed by atoms with van der Waals surface area (Å²) >= 11 is 2.30. The fraction of sp³-hybridized carbons (Fsp3) is 0.571. The van der Waals surface area contributed by atoms with Gasteiger partial charge < -0.3 is 0 Å². The normalized spacial score (nSPS) is 25.4. The van der Waals surface area contributed by atoms with Crippen LogP contribution in [0.1, 0.15) is 37.3 Å². The van der Waals surface area contributed by atoms with Crippen molar-refractivity contribution in [3.05, 3.63) is 33.4 Å². The van der Waals surface area contributed by atoms with E-state index in [4.69, 9.17) is 5.84 Å². The van der Waals surface area contributed by atoms with Crippen molar-refractivity contribution >= 4 is 32.4 Å². The second-order valence-corrected chi connectivity index (χ2v) is 9.03. The summed E-state index contributed by atoms with van der Waals surface area (Å²) in [4.78, 5) is 0. The first-order chi connectivity index (χ1) is 9.43. The Bertz CT molecular complexity index is 562. The predicted molar refractivity (Wildman–Crippen MR) is 89.8 cm³/mol. The predicted octanol–water partition coefficient (Wildman–Crippen LogP) is 2.40. The zero-order chi connectivity index (χ0) is 14.8. The first-order valence-corrected chi connectivity index (χ1v) is 9.86. The van der Waals surface area contributed by atoms with Crippen LogP contribution < -0.4 is 11.3 Å². The van der Waals surface area contributed by atoms with Crippen LogP contribution >= 0.6 is 22.6 Å². The molecule has 2 rings (SSSR count). The van der Waals surface area contributed by atoms with Crippen molar-refractivity contribution in [1.82, 2.24) is 5.43 Å². The minimum Gasteiger partial charge on any atom is -0.271 e. The molecule has 0 aliphatic heterocycles. The molecular formula is C14H21IN2O2S. The Morgan fingerprint density at radius 2 is 2.05 bits per heavy atom. The third kappa shape index (κ3) is 3.72. The van der Waals surface area contributed by atoms with E-state index in [2.05, 4.69) is 40.1 Å². The van der Waals surface area contributed by atoms with Crippen LogP contribution in [-0.4, -0.2) is 19.9 Å². The standard InChI is InChI=1S/C14H21IN2O2S/c1-20(18,19)11-6-4-5-10(9-11)14(17-16)12-7-2-3-8-13(12)15/h2-3,7-8,10-11,14,17H,4-6,9,16H2,1H3. The van der Waals surface area contributed by atoms with E-state index in [1.54, 1.807) is 0 Å². The number of nitrogens with two attached hydrogens (primary N) is 1. The summed E-state index contributed by atoms with van der Waals surface area (Å²) in [5.41, 5.74) is 4.06. The van der Waals surface area contributed by atoms with Crippen molar-refractivity contribution in [2.45, 2.75) is 37.0 Å². The van der Waals surface area contributed by atoms with Crippen molar-refractivity contribution in [3.8, 4) is 0 Å². The van der Waals surface area contributed by atoms with E-state index in [-0.39, 0.29) is 17.2 Å². The largest absolute Gasteiger partial charge is 0.271 e. The third-order valence-corrected chi connectivity index (χ3v) is 6.78. The van der Waals surface area contributed by atoms with Gasteiger partial charge in [0.15, 0.2) is 0 Å². The number of rotatable bonds is 4. The van der Waals surface area contributed by atoms with Gasteiger partial charge in [-0.25, -0.2) is 8.42 Å². The molecule has 3 unspecified atom stereocenters. The van der Waals surface area contributed by atoms with E-state index in [9.17, 15) is 8.42 Å². The maximum Gasteiger partial charge on any atom is 0.150 e. The van der Waals surface area contributed by atoms with Crippen LogP contribution in [0.2, 0.25) is 0 Å². The Morgan fingerprint density at radius 3 is 2.65 bits per heavy atom. The smallest absolute Gasteiger partial charge is 0.150 e. The van der Waals surface area contributed by atoms with Gasteiger partial charge in [-0.05, 0) is 59.4 Å². The summed E-state index contributed by atoms with van der Waals surface area (Å²) in [6, 6.07) is 8.14. The molecule has 4 nitrogen and oxygen atoms in total. The van der Waals surface area contributed by atoms with Crippen LogP contribution in [0.5, 0.6) is 0 Å². The summed E-state index contributed by atoms with van der Waals surface area (Å²) in [5, 5.41) is -0.224. The zero-order valence-corrected chi connectivity index (χ0v) is 14.5. The molecule has 1 fully saturated rings. The number of halogens is 1. The molecule has 1 aromatic carbocycles. The van der Waals surface area contributed by atoms with E-state index in [1.165, 1.54) is 6.26 Å². The average molecular weight is 408 g/mol. The maximum atomic E-state index is 11.8. The van der Waals surface area contributed by atoms with Gasteiger partial charge in [-0.15, -0.1) is 0 Å². The number of hydrogen-bond donors (Lipinski definition) is 2. The van der Waals surface area contributed by atoms with Crippen molar-refractivity contribution in [3.63, 3.8) is 0 Å². The highest BCUT2D eigenvalue weighted by molar-refractivity contribution is 14.1. The van der Waals surface area contributed by atoms with Crippen molar-refractivity contribution < 1.29 is 8.42 Å². The summed E-state index contributed by atoms with van der Waals surface area (Å²) < 4.78 is 24.7. The SMILES string of the molecule is CS(=O)(=O)C1CCCC(C(NN)c2ccccc2I)C1. The van der Waals surface area contributed by atoms with E-state index < -0.39 is 9.84 Å². The second-order valence-electron chi connectivity index (χ2n) is 5.54. The van der Waals surface area contributed by atoms with Gasteiger partial charge in [0.2, 0.25) is 0 Å². The molecule has 112 valence electrons. The lowest BCUT2D eigenvalue weighted by Crippen LogP contribution is -2.38. The van der Waals surface area contributed by atoms with Crippen LogP contribution in [0.25, 0.3) is 0 Å². The first-order valence-electron chi connectivity index (χ1n) is 6.83. The van der Waals surface area contributed by atoms with Gasteiger partial charge in [-0.1, -0.05) is 24.6 Å². The van der Waals surface area contributed by atoms with Gasteiger partial charge in [-0.3, -0.25) is 11.3 Å². The Kier molecular flexibility index (Phi) is 5.44. The highest BCUT2D eigenvalue weighted by atomic mass is 127. The Balaban J connectivity index is 2.22. The van der Waals surface area contributed by atoms with E-state index >= 15 is 0 Å². The molecule has 1 aliphatic carbocycles. The number of hydrogen-bond acceptors (Lipinski definition) is 4. The van der Waals surface area contributed by atoms with E-state index in [1.807, 2.05) is 12.1 Å². The maximum absolute atomic E-state index is 11.8. The lowest BCUT2D eigenvalue weighted by atomic mass is 9.81. The minimum absolute atomic E-state index is 0.0210. The zero-order valence-electron chi connectivity index (χ0n) is 11.5. The van der Waals surface area contributed by atoms with Crippen molar-refractivity contribution in [2.75, 3.05) is 6.26 Å². The van der Waals surface area contributed by atoms with Crippen LogP contribution in [0, 0.1) is 9.49 Å². The van der Waals surface area contributed by atoms with Crippen molar-refractivity contribution in [1.29, 1.82) is 0 Å². The molecule has 20 heavy (non-hydrogen) atoms. The second kappa shape index (κ2) is 6.72. The summed E-state index contributed by atoms with van der Waals surface area (Å²) in [5.74, 6) is 6.02. The summed E-state index contributed by atoms with van der Waals surface area (Å²) in [7, 11) is -2.96. The molecule has 0 heterocycles. The van der Waals surface area contributed by atoms with Gasteiger partial charge in [0.05, 0.1) is 5.25 Å². The van der Waals surface area contributed by atoms with Gasteiger partial charge in [0.25, 0.3) is 0 Å².